The van der Waals surface area contributed by atoms with Crippen LogP contribution >= 0.6 is 0 Å². The van der Waals surface area contributed by atoms with Gasteiger partial charge in [-0.3, -0.25) is 4.79 Å². The van der Waals surface area contributed by atoms with Gasteiger partial charge < -0.3 is 19.8 Å². The smallest absolute Gasteiger partial charge is 0.251 e. The van der Waals surface area contributed by atoms with Gasteiger partial charge in [0.25, 0.3) is 5.91 Å². The van der Waals surface area contributed by atoms with Gasteiger partial charge in [0.2, 0.25) is 0 Å². The van der Waals surface area contributed by atoms with Gasteiger partial charge in [-0.25, -0.2) is 0 Å². The second-order valence-electron chi connectivity index (χ2n) is 4.23. The molecular weight excluding hydrogens is 198 g/mol. The Kier molecular flexibility index (Phi) is 3.23. The van der Waals surface area contributed by atoms with Crippen LogP contribution in [0.3, 0.4) is 0 Å². The molecule has 2 aliphatic rings. The third-order valence-electron chi connectivity index (χ3n) is 3.03. The van der Waals surface area contributed by atoms with Crippen LogP contribution in [-0.2, 0) is 9.53 Å². The van der Waals surface area contributed by atoms with Crippen LogP contribution < -0.4 is 0 Å². The minimum atomic E-state index is -0.808. The summed E-state index contributed by atoms with van der Waals surface area (Å²) in [6.07, 6.45) is 0.790. The van der Waals surface area contributed by atoms with Gasteiger partial charge in [-0.2, -0.15) is 0 Å². The third kappa shape index (κ3) is 2.30. The predicted molar refractivity (Wildman–Crippen MR) is 52.2 cm³/mol. The Bertz CT molecular complexity index is 230. The predicted octanol–water partition coefficient (Wildman–Crippen LogP) is -0.881. The summed E-state index contributed by atoms with van der Waals surface area (Å²) in [6.45, 7) is 1.08. The van der Waals surface area contributed by atoms with Gasteiger partial charge in [-0.1, -0.05) is 0 Å². The van der Waals surface area contributed by atoms with E-state index in [4.69, 9.17) is 4.74 Å². The van der Waals surface area contributed by atoms with E-state index >= 15 is 0 Å². The molecule has 0 saturated carbocycles. The van der Waals surface area contributed by atoms with E-state index in [1.54, 1.807) is 0 Å². The number of hydrogen-bond acceptors (Lipinski definition) is 4. The van der Waals surface area contributed by atoms with Crippen LogP contribution in [0.5, 0.6) is 0 Å². The average Bonchev–Trinajstić information content (AvgIpc) is 2.59. The van der Waals surface area contributed by atoms with Crippen LogP contribution in [0, 0.1) is 0 Å². The monoisotopic (exact) mass is 215 g/mol. The molecule has 0 bridgehead atoms. The second-order valence-corrected chi connectivity index (χ2v) is 4.23. The van der Waals surface area contributed by atoms with Crippen LogP contribution in [0.4, 0.5) is 0 Å². The summed E-state index contributed by atoms with van der Waals surface area (Å²) in [7, 11) is 0. The molecule has 0 aromatic rings. The number of carbonyl (C=O) groups excluding carboxylic acids is 1. The molecule has 0 aromatic carbocycles. The Morgan fingerprint density at radius 3 is 2.40 bits per heavy atom. The lowest BCUT2D eigenvalue weighted by Gasteiger charge is -2.26. The highest BCUT2D eigenvalue weighted by atomic mass is 16.5. The number of rotatable bonds is 1. The zero-order valence-electron chi connectivity index (χ0n) is 8.63. The summed E-state index contributed by atoms with van der Waals surface area (Å²) in [4.78, 5) is 13.4. The van der Waals surface area contributed by atoms with Gasteiger partial charge in [-0.15, -0.1) is 0 Å². The highest BCUT2D eigenvalue weighted by molar-refractivity contribution is 5.81. The Hall–Kier alpha value is -0.650. The molecule has 2 N–H and O–H groups in total. The van der Waals surface area contributed by atoms with Crippen molar-refractivity contribution in [3.8, 4) is 0 Å². The Balaban J connectivity index is 1.90. The second kappa shape index (κ2) is 4.47. The molecule has 1 amide bonds. The molecular formula is C10H17NO4. The lowest BCUT2D eigenvalue weighted by molar-refractivity contribution is -0.145. The zero-order valence-corrected chi connectivity index (χ0v) is 8.63. The van der Waals surface area contributed by atoms with E-state index in [2.05, 4.69) is 0 Å². The molecule has 2 saturated heterocycles. The highest BCUT2D eigenvalue weighted by Crippen LogP contribution is 2.18. The number of aliphatic hydroxyl groups excluding tert-OH is 2. The van der Waals surface area contributed by atoms with Gasteiger partial charge in [0.15, 0.2) is 0 Å². The fourth-order valence-electron chi connectivity index (χ4n) is 2.09. The quantitative estimate of drug-likeness (QED) is 0.596. The lowest BCUT2D eigenvalue weighted by atomic mass is 10.1. The van der Waals surface area contributed by atoms with Crippen molar-refractivity contribution in [3.63, 3.8) is 0 Å². The molecule has 0 aromatic heterocycles. The molecule has 2 aliphatic heterocycles. The van der Waals surface area contributed by atoms with Crippen molar-refractivity contribution >= 4 is 5.91 Å². The first-order valence-corrected chi connectivity index (χ1v) is 5.45. The van der Waals surface area contributed by atoms with Crippen LogP contribution in [-0.4, -0.2) is 59.0 Å². The van der Waals surface area contributed by atoms with Crippen molar-refractivity contribution in [2.24, 2.45) is 0 Å². The maximum atomic E-state index is 11.9. The van der Waals surface area contributed by atoms with E-state index in [-0.39, 0.29) is 25.1 Å². The normalized spacial score (nSPS) is 36.9. The summed E-state index contributed by atoms with van der Waals surface area (Å²) in [5, 5.41) is 18.7. The van der Waals surface area contributed by atoms with Crippen molar-refractivity contribution < 1.29 is 19.7 Å². The van der Waals surface area contributed by atoms with Crippen molar-refractivity contribution in [3.05, 3.63) is 0 Å². The zero-order chi connectivity index (χ0) is 10.8. The first kappa shape index (κ1) is 10.9. The average molecular weight is 215 g/mol. The van der Waals surface area contributed by atoms with E-state index in [0.717, 1.165) is 19.3 Å². The number of ether oxygens (including phenoxy) is 1. The van der Waals surface area contributed by atoms with Crippen LogP contribution in [0.15, 0.2) is 0 Å². The van der Waals surface area contributed by atoms with Crippen molar-refractivity contribution in [2.45, 2.75) is 37.6 Å². The molecule has 1 unspecified atom stereocenters. The van der Waals surface area contributed by atoms with E-state index < -0.39 is 12.2 Å². The SMILES string of the molecule is O=C(C1CCCCO1)N1C[C@@H](O)[C@@H](O)C1. The lowest BCUT2D eigenvalue weighted by Crippen LogP contribution is -2.41. The summed E-state index contributed by atoms with van der Waals surface area (Å²) < 4.78 is 5.37. The maximum Gasteiger partial charge on any atom is 0.251 e. The standard InChI is InChI=1S/C10H17NO4/c12-7-5-11(6-8(7)13)10(14)9-3-1-2-4-15-9/h7-9,12-13H,1-6H2/t7-,8+,9?. The molecule has 3 atom stereocenters. The number of likely N-dealkylation sites (tertiary alicyclic amines) is 1. The van der Waals surface area contributed by atoms with Gasteiger partial charge in [0, 0.05) is 19.7 Å². The van der Waals surface area contributed by atoms with Gasteiger partial charge in [-0.05, 0) is 19.3 Å². The molecule has 0 aliphatic carbocycles. The molecule has 15 heavy (non-hydrogen) atoms. The summed E-state index contributed by atoms with van der Waals surface area (Å²) in [5.41, 5.74) is 0. The van der Waals surface area contributed by atoms with Crippen LogP contribution in [0.1, 0.15) is 19.3 Å². The van der Waals surface area contributed by atoms with Crippen LogP contribution in [0.25, 0.3) is 0 Å². The molecule has 2 heterocycles. The first-order chi connectivity index (χ1) is 7.18. The number of carbonyl (C=O) groups is 1. The topological polar surface area (TPSA) is 70.0 Å². The van der Waals surface area contributed by atoms with Crippen molar-refractivity contribution in [1.82, 2.24) is 4.90 Å². The van der Waals surface area contributed by atoms with Crippen molar-refractivity contribution in [1.29, 1.82) is 0 Å². The van der Waals surface area contributed by atoms with E-state index in [1.165, 1.54) is 4.90 Å². The molecule has 5 nitrogen and oxygen atoms in total. The third-order valence-corrected chi connectivity index (χ3v) is 3.03. The number of nitrogens with zero attached hydrogens (tertiary/aromatic N) is 1. The molecule has 0 spiro atoms. The fourth-order valence-corrected chi connectivity index (χ4v) is 2.09. The van der Waals surface area contributed by atoms with E-state index in [0.29, 0.717) is 6.61 Å². The Morgan fingerprint density at radius 1 is 1.20 bits per heavy atom. The van der Waals surface area contributed by atoms with Crippen molar-refractivity contribution in [2.75, 3.05) is 19.7 Å². The first-order valence-electron chi connectivity index (χ1n) is 5.45. The highest BCUT2D eigenvalue weighted by Gasteiger charge is 2.36. The Labute approximate surface area is 88.6 Å². The van der Waals surface area contributed by atoms with Gasteiger partial charge >= 0.3 is 0 Å². The van der Waals surface area contributed by atoms with E-state index in [1.807, 2.05) is 0 Å². The molecule has 2 rings (SSSR count). The number of aliphatic hydroxyl groups is 2. The number of amides is 1. The molecule has 0 radical (unpaired) electrons. The molecule has 86 valence electrons. The van der Waals surface area contributed by atoms with Gasteiger partial charge in [0.1, 0.15) is 6.10 Å². The minimum Gasteiger partial charge on any atom is -0.388 e. The van der Waals surface area contributed by atoms with E-state index in [9.17, 15) is 15.0 Å². The molecule has 2 fully saturated rings. The minimum absolute atomic E-state index is 0.0923. The van der Waals surface area contributed by atoms with Crippen LogP contribution in [0.2, 0.25) is 0 Å². The fraction of sp³-hybridized carbons (Fsp3) is 0.900. The number of hydrogen-bond donors (Lipinski definition) is 2. The summed E-state index contributed by atoms with van der Waals surface area (Å²) >= 11 is 0. The molecule has 5 heteroatoms. The summed E-state index contributed by atoms with van der Waals surface area (Å²) in [5.74, 6) is -0.0923. The maximum absolute atomic E-state index is 11.9. The Morgan fingerprint density at radius 2 is 1.87 bits per heavy atom. The van der Waals surface area contributed by atoms with Gasteiger partial charge in [0.05, 0.1) is 12.2 Å². The summed E-state index contributed by atoms with van der Waals surface area (Å²) in [6, 6.07) is 0. The number of β-amino-alcohol motifs (C(OH)–C–C–N with tert-alkyl or cyclic N) is 2. The largest absolute Gasteiger partial charge is 0.388 e.